The number of nitrogens with zero attached hydrogens (tertiary/aromatic N) is 3. The molecule has 1 amide bonds. The van der Waals surface area contributed by atoms with Gasteiger partial charge in [-0.25, -0.2) is 9.89 Å². The lowest BCUT2D eigenvalue weighted by atomic mass is 9.61. The third-order valence-corrected chi connectivity index (χ3v) is 7.01. The van der Waals surface area contributed by atoms with Crippen molar-refractivity contribution in [2.75, 3.05) is 13.1 Å². The predicted molar refractivity (Wildman–Crippen MR) is 142 cm³/mol. The van der Waals surface area contributed by atoms with E-state index >= 15 is 0 Å². The van der Waals surface area contributed by atoms with Crippen molar-refractivity contribution in [3.05, 3.63) is 57.6 Å². The van der Waals surface area contributed by atoms with Crippen LogP contribution in [0.2, 0.25) is 0 Å². The van der Waals surface area contributed by atoms with Crippen LogP contribution in [0.25, 0.3) is 0 Å². The molecule has 2 aliphatic heterocycles. The molecule has 1 unspecified atom stereocenters. The van der Waals surface area contributed by atoms with Crippen molar-refractivity contribution in [2.24, 2.45) is 17.1 Å². The van der Waals surface area contributed by atoms with Crippen LogP contribution >= 0.6 is 0 Å². The van der Waals surface area contributed by atoms with Gasteiger partial charge in [0.25, 0.3) is 0 Å². The lowest BCUT2D eigenvalue weighted by molar-refractivity contribution is -0.0114. The summed E-state index contributed by atoms with van der Waals surface area (Å²) < 4.78 is 11.2. The van der Waals surface area contributed by atoms with E-state index < -0.39 is 16.4 Å². The first kappa shape index (κ1) is 27.1. The van der Waals surface area contributed by atoms with Crippen molar-refractivity contribution < 1.29 is 19.4 Å². The molecule has 1 fully saturated rings. The summed E-state index contributed by atoms with van der Waals surface area (Å²) in [5, 5.41) is 27.6. The van der Waals surface area contributed by atoms with Gasteiger partial charge in [0.2, 0.25) is 11.8 Å². The lowest BCUT2D eigenvalue weighted by Crippen LogP contribution is -2.57. The van der Waals surface area contributed by atoms with Crippen molar-refractivity contribution in [3.8, 4) is 23.8 Å². The molecule has 3 heterocycles. The van der Waals surface area contributed by atoms with E-state index in [-0.39, 0.29) is 30.1 Å². The summed E-state index contributed by atoms with van der Waals surface area (Å²) in [5.41, 5.74) is 8.19. The van der Waals surface area contributed by atoms with Crippen LogP contribution in [0.3, 0.4) is 0 Å². The topological polar surface area (TPSA) is 137 Å². The van der Waals surface area contributed by atoms with Gasteiger partial charge in [0.1, 0.15) is 17.2 Å². The monoisotopic (exact) mass is 517 g/mol. The number of hydrogen-bond donors (Lipinski definition) is 3. The Morgan fingerprint density at radius 1 is 1.34 bits per heavy atom. The number of nitrogens with two attached hydrogens (primary N) is 1. The number of fused-ring (bicyclic) bond motifs is 1. The van der Waals surface area contributed by atoms with Gasteiger partial charge in [0, 0.05) is 18.7 Å². The number of likely N-dealkylation sites (tertiary alicyclic amines) is 1. The van der Waals surface area contributed by atoms with E-state index in [1.54, 1.807) is 4.90 Å². The van der Waals surface area contributed by atoms with Gasteiger partial charge < -0.3 is 25.2 Å². The molecule has 0 spiro atoms. The fourth-order valence-electron chi connectivity index (χ4n) is 5.41. The fourth-order valence-corrected chi connectivity index (χ4v) is 5.41. The molecule has 0 saturated carbocycles. The van der Waals surface area contributed by atoms with Gasteiger partial charge in [0.05, 0.1) is 28.7 Å². The van der Waals surface area contributed by atoms with Gasteiger partial charge in [-0.1, -0.05) is 31.8 Å². The van der Waals surface area contributed by atoms with E-state index in [1.807, 2.05) is 66.7 Å². The number of carbonyl (C=O) groups is 1. The summed E-state index contributed by atoms with van der Waals surface area (Å²) in [4.78, 5) is 14.0. The number of H-pyrrole nitrogens is 1. The SMILES string of the molecule is Cc1n[nH]c2c1C(c1cc(C#CC3(C)CN(C(=O)OC(C)(C)C)C3)cc(CO)c1)(C(C)C)C(C#N)=C(N)O2. The smallest absolute Gasteiger partial charge is 0.410 e. The van der Waals surface area contributed by atoms with Crippen molar-refractivity contribution in [1.29, 1.82) is 5.26 Å². The highest BCUT2D eigenvalue weighted by molar-refractivity contribution is 5.70. The molecule has 0 bridgehead atoms. The van der Waals surface area contributed by atoms with E-state index in [2.05, 4.69) is 28.1 Å². The minimum Gasteiger partial charge on any atom is -0.444 e. The molecule has 200 valence electrons. The third kappa shape index (κ3) is 4.59. The number of benzene rings is 1. The molecular weight excluding hydrogens is 482 g/mol. The molecule has 1 aromatic carbocycles. The Bertz CT molecular complexity index is 1410. The zero-order valence-electron chi connectivity index (χ0n) is 23.0. The second-order valence-corrected chi connectivity index (χ2v) is 11.7. The standard InChI is InChI=1S/C29H35N5O4/c1-17(2)29(22(13-30)24(31)37-25-23(29)18(3)32-33-25)21-11-19(10-20(12-21)14-35)8-9-28(7)15-34(16-28)26(36)38-27(4,5)6/h10-12,17,35H,14-16,31H2,1-7H3,(H,32,33). The summed E-state index contributed by atoms with van der Waals surface area (Å²) in [6, 6.07) is 7.94. The summed E-state index contributed by atoms with van der Waals surface area (Å²) in [7, 11) is 0. The highest BCUT2D eigenvalue weighted by Gasteiger charge is 2.50. The second-order valence-electron chi connectivity index (χ2n) is 11.7. The fraction of sp³-hybridized carbons (Fsp3) is 0.483. The van der Waals surface area contributed by atoms with E-state index in [0.29, 0.717) is 35.8 Å². The van der Waals surface area contributed by atoms with Crippen LogP contribution in [0.15, 0.2) is 29.7 Å². The Morgan fingerprint density at radius 3 is 2.61 bits per heavy atom. The minimum absolute atomic E-state index is 0.0172. The molecule has 2 aliphatic rings. The molecule has 1 atom stereocenters. The Morgan fingerprint density at radius 2 is 2.03 bits per heavy atom. The molecule has 0 radical (unpaired) electrons. The number of aliphatic hydroxyl groups is 1. The van der Waals surface area contributed by atoms with Crippen LogP contribution in [-0.4, -0.2) is 45.0 Å². The molecule has 1 saturated heterocycles. The Labute approximate surface area is 223 Å². The normalized spacial score (nSPS) is 20.1. The van der Waals surface area contributed by atoms with Crippen molar-refractivity contribution in [1.82, 2.24) is 15.1 Å². The number of amides is 1. The van der Waals surface area contributed by atoms with Crippen LogP contribution in [0.5, 0.6) is 5.88 Å². The highest BCUT2D eigenvalue weighted by Crippen LogP contribution is 2.52. The summed E-state index contributed by atoms with van der Waals surface area (Å²) in [5.74, 6) is 6.88. The number of hydrogen-bond acceptors (Lipinski definition) is 7. The van der Waals surface area contributed by atoms with Gasteiger partial charge in [-0.3, -0.25) is 0 Å². The van der Waals surface area contributed by atoms with Crippen molar-refractivity contribution in [3.63, 3.8) is 0 Å². The number of aromatic amines is 1. The van der Waals surface area contributed by atoms with Crippen LogP contribution < -0.4 is 10.5 Å². The van der Waals surface area contributed by atoms with Crippen molar-refractivity contribution in [2.45, 2.75) is 66.1 Å². The number of nitriles is 1. The van der Waals surface area contributed by atoms with Crippen LogP contribution in [0.4, 0.5) is 4.79 Å². The molecule has 4 N–H and O–H groups in total. The lowest BCUT2D eigenvalue weighted by Gasteiger charge is -2.44. The Kier molecular flexibility index (Phi) is 6.71. The zero-order valence-corrected chi connectivity index (χ0v) is 23.0. The maximum Gasteiger partial charge on any atom is 0.410 e. The first-order valence-electron chi connectivity index (χ1n) is 12.6. The molecule has 9 nitrogen and oxygen atoms in total. The number of ether oxygens (including phenoxy) is 2. The van der Waals surface area contributed by atoms with Gasteiger partial charge in [-0.15, -0.1) is 0 Å². The van der Waals surface area contributed by atoms with Crippen LogP contribution in [-0.2, 0) is 16.8 Å². The van der Waals surface area contributed by atoms with Crippen molar-refractivity contribution >= 4 is 6.09 Å². The van der Waals surface area contributed by atoms with E-state index in [0.717, 1.165) is 11.1 Å². The van der Waals surface area contributed by atoms with E-state index in [9.17, 15) is 15.2 Å². The van der Waals surface area contributed by atoms with Crippen LogP contribution in [0, 0.1) is 41.4 Å². The minimum atomic E-state index is -0.959. The number of aryl methyl sites for hydroxylation is 1. The molecule has 2 aromatic rings. The average Bonchev–Trinajstić information content (AvgIpc) is 3.18. The number of rotatable bonds is 3. The number of allylic oxidation sites excluding steroid dienone is 1. The maximum atomic E-state index is 12.4. The molecule has 1 aromatic heterocycles. The molecule has 4 rings (SSSR count). The molecule has 0 aliphatic carbocycles. The molecule has 38 heavy (non-hydrogen) atoms. The summed E-state index contributed by atoms with van der Waals surface area (Å²) in [6.07, 6.45) is -0.348. The summed E-state index contributed by atoms with van der Waals surface area (Å²) in [6.45, 7) is 14.1. The van der Waals surface area contributed by atoms with Gasteiger partial charge >= 0.3 is 6.09 Å². The van der Waals surface area contributed by atoms with E-state index in [4.69, 9.17) is 15.2 Å². The number of aliphatic hydroxyl groups excluding tert-OH is 1. The first-order valence-corrected chi connectivity index (χ1v) is 12.6. The average molecular weight is 518 g/mol. The number of carbonyl (C=O) groups excluding carboxylic acids is 1. The third-order valence-electron chi connectivity index (χ3n) is 7.01. The predicted octanol–water partition coefficient (Wildman–Crippen LogP) is 3.85. The first-order chi connectivity index (χ1) is 17.7. The number of nitrogens with one attached hydrogen (secondary N) is 1. The molecular formula is C29H35N5O4. The quantitative estimate of drug-likeness (QED) is 0.526. The number of aromatic nitrogens is 2. The van der Waals surface area contributed by atoms with Gasteiger partial charge in [-0.05, 0) is 63.8 Å². The molecule has 9 heteroatoms. The second kappa shape index (κ2) is 9.41. The van der Waals surface area contributed by atoms with E-state index in [1.165, 1.54) is 0 Å². The highest BCUT2D eigenvalue weighted by atomic mass is 16.6. The van der Waals surface area contributed by atoms with Crippen LogP contribution in [0.1, 0.15) is 69.5 Å². The summed E-state index contributed by atoms with van der Waals surface area (Å²) >= 11 is 0. The zero-order chi connectivity index (χ0) is 28.0. The van der Waals surface area contributed by atoms with Gasteiger partial charge in [-0.2, -0.15) is 10.4 Å². The van der Waals surface area contributed by atoms with Gasteiger partial charge in [0.15, 0.2) is 0 Å². The largest absolute Gasteiger partial charge is 0.444 e. The Balaban J connectivity index is 1.76. The maximum absolute atomic E-state index is 12.4. The Hall–Kier alpha value is -3.95.